The van der Waals surface area contributed by atoms with Gasteiger partial charge in [-0.3, -0.25) is 14.5 Å². The highest BCUT2D eigenvalue weighted by atomic mass is 79.9. The second-order valence-corrected chi connectivity index (χ2v) is 9.99. The number of halogens is 1. The molecule has 0 aliphatic carbocycles. The monoisotopic (exact) mass is 538 g/mol. The first-order valence-electron chi connectivity index (χ1n) is 10.9. The zero-order chi connectivity index (χ0) is 23.7. The summed E-state index contributed by atoms with van der Waals surface area (Å²) in [4.78, 5) is 34.5. The van der Waals surface area contributed by atoms with Gasteiger partial charge in [-0.05, 0) is 48.2 Å². The van der Waals surface area contributed by atoms with Crippen molar-refractivity contribution in [2.45, 2.75) is 6.54 Å². The topological polar surface area (TPSA) is 67.1 Å². The van der Waals surface area contributed by atoms with Crippen LogP contribution in [0.15, 0.2) is 69.1 Å². The van der Waals surface area contributed by atoms with Crippen LogP contribution in [0.3, 0.4) is 0 Å². The van der Waals surface area contributed by atoms with Gasteiger partial charge < -0.3 is 14.2 Å². The molecule has 2 aromatic carbocycles. The van der Waals surface area contributed by atoms with E-state index in [9.17, 15) is 9.59 Å². The van der Waals surface area contributed by atoms with Crippen LogP contribution in [-0.2, 0) is 20.9 Å². The Bertz CT molecular complexity index is 1310. The second-order valence-electron chi connectivity index (χ2n) is 8.07. The molecule has 9 heteroatoms. The van der Waals surface area contributed by atoms with Gasteiger partial charge in [0.25, 0.3) is 5.91 Å². The zero-order valence-corrected chi connectivity index (χ0v) is 21.0. The van der Waals surface area contributed by atoms with E-state index >= 15 is 0 Å². The molecule has 2 aliphatic rings. The van der Waals surface area contributed by atoms with Gasteiger partial charge in [-0.15, -0.1) is 0 Å². The fraction of sp³-hybridized carbons (Fsp3) is 0.240. The van der Waals surface area contributed by atoms with E-state index in [0.29, 0.717) is 36.4 Å². The van der Waals surface area contributed by atoms with Crippen molar-refractivity contribution in [1.82, 2.24) is 14.4 Å². The zero-order valence-electron chi connectivity index (χ0n) is 18.6. The van der Waals surface area contributed by atoms with E-state index in [1.807, 2.05) is 70.3 Å². The Balaban J connectivity index is 1.44. The first kappa shape index (κ1) is 22.9. The number of benzene rings is 2. The number of aromatic nitrogens is 1. The summed E-state index contributed by atoms with van der Waals surface area (Å²) in [6, 6.07) is 15.6. The van der Waals surface area contributed by atoms with Crippen LogP contribution >= 0.6 is 27.7 Å². The van der Waals surface area contributed by atoms with Crippen molar-refractivity contribution in [2.24, 2.45) is 4.99 Å². The number of hydrogen-bond donors (Lipinski definition) is 0. The summed E-state index contributed by atoms with van der Waals surface area (Å²) in [5, 5.41) is 1.63. The third-order valence-corrected chi connectivity index (χ3v) is 7.42. The Hall–Kier alpha value is -2.88. The van der Waals surface area contributed by atoms with Crippen LogP contribution in [0.1, 0.15) is 5.56 Å². The summed E-state index contributed by atoms with van der Waals surface area (Å²) >= 11 is 4.78. The number of para-hydroxylation sites is 1. The number of amides is 2. The largest absolute Gasteiger partial charge is 0.378 e. The third-order valence-electron chi connectivity index (χ3n) is 5.83. The van der Waals surface area contributed by atoms with Crippen LogP contribution in [0, 0.1) is 0 Å². The lowest BCUT2D eigenvalue weighted by molar-refractivity contribution is -0.135. The van der Waals surface area contributed by atoms with Crippen molar-refractivity contribution < 1.29 is 14.3 Å². The molecule has 3 heterocycles. The van der Waals surface area contributed by atoms with E-state index in [1.165, 1.54) is 11.8 Å². The number of likely N-dealkylation sites (N-methyl/N-ethyl adjacent to an activating group) is 1. The normalized spacial score (nSPS) is 19.1. The van der Waals surface area contributed by atoms with Gasteiger partial charge in [0.2, 0.25) is 5.91 Å². The average molecular weight is 539 g/mol. The summed E-state index contributed by atoms with van der Waals surface area (Å²) in [5.74, 6) is -0.0275. The fourth-order valence-electron chi connectivity index (χ4n) is 4.00. The number of ether oxygens (including phenoxy) is 1. The smallest absolute Gasteiger partial charge is 0.266 e. The summed E-state index contributed by atoms with van der Waals surface area (Å²) in [7, 11) is 1.73. The van der Waals surface area contributed by atoms with Crippen LogP contribution in [-0.4, -0.2) is 64.7 Å². The molecule has 7 nitrogen and oxygen atoms in total. The molecule has 5 rings (SSSR count). The summed E-state index contributed by atoms with van der Waals surface area (Å²) in [6.45, 7) is 2.64. The molecule has 2 saturated heterocycles. The van der Waals surface area contributed by atoms with E-state index in [1.54, 1.807) is 11.9 Å². The molecular weight excluding hydrogens is 516 g/mol. The third kappa shape index (κ3) is 4.68. The molecule has 2 aliphatic heterocycles. The number of aliphatic imine (C=N–C) groups is 1. The van der Waals surface area contributed by atoms with Gasteiger partial charge in [0.05, 0.1) is 23.8 Å². The predicted molar refractivity (Wildman–Crippen MR) is 139 cm³/mol. The minimum Gasteiger partial charge on any atom is -0.378 e. The summed E-state index contributed by atoms with van der Waals surface area (Å²) < 4.78 is 8.30. The van der Waals surface area contributed by atoms with E-state index < -0.39 is 0 Å². The van der Waals surface area contributed by atoms with Crippen LogP contribution in [0.4, 0.5) is 5.69 Å². The fourth-order valence-corrected chi connectivity index (χ4v) is 5.24. The van der Waals surface area contributed by atoms with Gasteiger partial charge >= 0.3 is 0 Å². The summed E-state index contributed by atoms with van der Waals surface area (Å²) in [6.07, 6.45) is 3.85. The Morgan fingerprint density at radius 1 is 1.15 bits per heavy atom. The van der Waals surface area contributed by atoms with Crippen molar-refractivity contribution in [1.29, 1.82) is 0 Å². The van der Waals surface area contributed by atoms with Gasteiger partial charge in [0.15, 0.2) is 5.17 Å². The van der Waals surface area contributed by atoms with Crippen LogP contribution < -0.4 is 0 Å². The van der Waals surface area contributed by atoms with Gasteiger partial charge in [-0.25, -0.2) is 4.99 Å². The number of carbonyl (C=O) groups is 2. The molecule has 0 atom stereocenters. The maximum absolute atomic E-state index is 13.0. The predicted octanol–water partition coefficient (Wildman–Crippen LogP) is 4.50. The highest BCUT2D eigenvalue weighted by molar-refractivity contribution is 9.10. The maximum atomic E-state index is 13.0. The number of nitrogens with zero attached hydrogens (tertiary/aromatic N) is 4. The molecule has 0 unspecified atom stereocenters. The highest BCUT2D eigenvalue weighted by Crippen LogP contribution is 2.35. The molecule has 0 radical (unpaired) electrons. The van der Waals surface area contributed by atoms with Crippen molar-refractivity contribution in [3.63, 3.8) is 0 Å². The minimum atomic E-state index is -0.0953. The Labute approximate surface area is 210 Å². The Morgan fingerprint density at radius 3 is 2.65 bits per heavy atom. The van der Waals surface area contributed by atoms with Crippen LogP contribution in [0.5, 0.6) is 0 Å². The molecule has 2 fully saturated rings. The van der Waals surface area contributed by atoms with E-state index in [-0.39, 0.29) is 18.4 Å². The summed E-state index contributed by atoms with van der Waals surface area (Å²) in [5.41, 5.74) is 2.65. The molecule has 0 spiro atoms. The molecule has 0 N–H and O–H groups in total. The molecule has 174 valence electrons. The SMILES string of the molecule is CN1C(=O)/C(=C/c2cn(CC(=O)N3CCOCC3)c3ccccc23)SC1=Nc1ccc(Br)cc1. The van der Waals surface area contributed by atoms with E-state index in [2.05, 4.69) is 20.9 Å². The van der Waals surface area contributed by atoms with Crippen molar-refractivity contribution in [3.8, 4) is 0 Å². The molecule has 3 aromatic rings. The molecule has 0 bridgehead atoms. The van der Waals surface area contributed by atoms with Gasteiger partial charge in [0, 0.05) is 47.3 Å². The number of carbonyl (C=O) groups excluding carboxylic acids is 2. The minimum absolute atomic E-state index is 0.0678. The van der Waals surface area contributed by atoms with Gasteiger partial charge in [0.1, 0.15) is 6.54 Å². The van der Waals surface area contributed by atoms with E-state index in [4.69, 9.17) is 4.74 Å². The lowest BCUT2D eigenvalue weighted by atomic mass is 10.1. The molecule has 2 amide bonds. The highest BCUT2D eigenvalue weighted by Gasteiger charge is 2.30. The van der Waals surface area contributed by atoms with Gasteiger partial charge in [-0.2, -0.15) is 0 Å². The van der Waals surface area contributed by atoms with Crippen LogP contribution in [0.2, 0.25) is 0 Å². The molecule has 0 saturated carbocycles. The van der Waals surface area contributed by atoms with Crippen molar-refractivity contribution in [2.75, 3.05) is 33.4 Å². The molecule has 1 aromatic heterocycles. The average Bonchev–Trinajstić information content (AvgIpc) is 3.33. The number of thioether (sulfide) groups is 1. The van der Waals surface area contributed by atoms with Gasteiger partial charge in [-0.1, -0.05) is 34.1 Å². The lowest BCUT2D eigenvalue weighted by Gasteiger charge is -2.27. The van der Waals surface area contributed by atoms with Crippen molar-refractivity contribution in [3.05, 3.63) is 69.7 Å². The Kier molecular flexibility index (Phi) is 6.58. The van der Waals surface area contributed by atoms with Crippen molar-refractivity contribution >= 4 is 67.3 Å². The standard InChI is InChI=1S/C25H23BrN4O3S/c1-28-24(32)22(34-25(28)27-19-8-6-18(26)7-9-19)14-17-15-30(21-5-3-2-4-20(17)21)16-23(31)29-10-12-33-13-11-29/h2-9,14-15H,10-13,16H2,1H3/b22-14-,27-25?. The maximum Gasteiger partial charge on any atom is 0.266 e. The van der Waals surface area contributed by atoms with E-state index in [0.717, 1.165) is 26.6 Å². The quantitative estimate of drug-likeness (QED) is 0.459. The number of fused-ring (bicyclic) bond motifs is 1. The molecule has 34 heavy (non-hydrogen) atoms. The second kappa shape index (κ2) is 9.77. The number of hydrogen-bond acceptors (Lipinski definition) is 5. The molecular formula is C25H23BrN4O3S. The first-order chi connectivity index (χ1) is 16.5. The first-order valence-corrected chi connectivity index (χ1v) is 12.6. The number of morpholine rings is 1. The lowest BCUT2D eigenvalue weighted by Crippen LogP contribution is -2.42. The number of amidine groups is 1. The van der Waals surface area contributed by atoms with Crippen LogP contribution in [0.25, 0.3) is 17.0 Å². The Morgan fingerprint density at radius 2 is 1.88 bits per heavy atom. The number of rotatable bonds is 4.